The largest absolute Gasteiger partial charge is 0.292 e. The molecule has 1 heterocycles. The van der Waals surface area contributed by atoms with E-state index in [1.807, 2.05) is 0 Å². The quantitative estimate of drug-likeness (QED) is 0.615. The SMILES string of the molecule is O=C1CCCc2c(Cl)ccnc21. The number of carbonyl (C=O) groups excluding carboxylic acids is 1. The Hall–Kier alpha value is -0.890. The lowest BCUT2D eigenvalue weighted by Crippen LogP contribution is -2.12. The minimum Gasteiger partial charge on any atom is -0.292 e. The Bertz CT molecular complexity index is 335. The first-order chi connectivity index (χ1) is 5.79. The van der Waals surface area contributed by atoms with Crippen LogP contribution in [0.3, 0.4) is 0 Å². The summed E-state index contributed by atoms with van der Waals surface area (Å²) in [6.45, 7) is 0. The van der Waals surface area contributed by atoms with Crippen molar-refractivity contribution in [2.45, 2.75) is 19.3 Å². The van der Waals surface area contributed by atoms with E-state index in [1.165, 1.54) is 0 Å². The number of hydrogen-bond donors (Lipinski definition) is 0. The number of fused-ring (bicyclic) bond motifs is 1. The van der Waals surface area contributed by atoms with Crippen LogP contribution in [0.15, 0.2) is 12.3 Å². The highest BCUT2D eigenvalue weighted by atomic mass is 35.5. The molecule has 2 nitrogen and oxygen atoms in total. The topological polar surface area (TPSA) is 30.0 Å². The van der Waals surface area contributed by atoms with Gasteiger partial charge in [-0.15, -0.1) is 0 Å². The van der Waals surface area contributed by atoms with E-state index in [0.717, 1.165) is 18.4 Å². The van der Waals surface area contributed by atoms with E-state index in [-0.39, 0.29) is 5.78 Å². The van der Waals surface area contributed by atoms with Gasteiger partial charge < -0.3 is 0 Å². The molecule has 1 aromatic rings. The first-order valence-corrected chi connectivity index (χ1v) is 4.33. The predicted molar refractivity (Wildman–Crippen MR) is 46.5 cm³/mol. The second kappa shape index (κ2) is 2.87. The van der Waals surface area contributed by atoms with Gasteiger partial charge in [0.05, 0.1) is 0 Å². The molecule has 0 radical (unpaired) electrons. The molecule has 2 rings (SSSR count). The van der Waals surface area contributed by atoms with Crippen LogP contribution in [0, 0.1) is 0 Å². The second-order valence-corrected chi connectivity index (χ2v) is 3.30. The van der Waals surface area contributed by atoms with Gasteiger partial charge in [0.25, 0.3) is 0 Å². The van der Waals surface area contributed by atoms with Gasteiger partial charge in [-0.25, -0.2) is 0 Å². The standard InChI is InChI=1S/C9H8ClNO/c10-7-4-5-11-9-6(7)2-1-3-8(9)12/h4-5H,1-3H2. The van der Waals surface area contributed by atoms with Crippen LogP contribution >= 0.6 is 11.6 Å². The lowest BCUT2D eigenvalue weighted by Gasteiger charge is -2.13. The molecular weight excluding hydrogens is 174 g/mol. The normalized spacial score (nSPS) is 15.9. The summed E-state index contributed by atoms with van der Waals surface area (Å²) in [7, 11) is 0. The molecule has 0 saturated heterocycles. The molecule has 0 spiro atoms. The number of carbonyl (C=O) groups is 1. The van der Waals surface area contributed by atoms with Crippen LogP contribution in [-0.2, 0) is 6.42 Å². The molecule has 1 aliphatic rings. The van der Waals surface area contributed by atoms with Crippen molar-refractivity contribution in [2.24, 2.45) is 0 Å². The van der Waals surface area contributed by atoms with Crippen LogP contribution < -0.4 is 0 Å². The van der Waals surface area contributed by atoms with Crippen LogP contribution in [0.4, 0.5) is 0 Å². The Morgan fingerprint density at radius 1 is 1.42 bits per heavy atom. The van der Waals surface area contributed by atoms with Crippen molar-refractivity contribution in [2.75, 3.05) is 0 Å². The number of pyridine rings is 1. The van der Waals surface area contributed by atoms with Crippen molar-refractivity contribution in [3.63, 3.8) is 0 Å². The van der Waals surface area contributed by atoms with Crippen LogP contribution in [0.25, 0.3) is 0 Å². The van der Waals surface area contributed by atoms with Crippen molar-refractivity contribution in [3.05, 3.63) is 28.5 Å². The average molecular weight is 182 g/mol. The van der Waals surface area contributed by atoms with E-state index in [0.29, 0.717) is 17.1 Å². The fourth-order valence-corrected chi connectivity index (χ4v) is 1.73. The van der Waals surface area contributed by atoms with Gasteiger partial charge in [0, 0.05) is 23.2 Å². The highest BCUT2D eigenvalue weighted by Gasteiger charge is 2.19. The number of rotatable bonds is 0. The molecular formula is C9H8ClNO. The van der Waals surface area contributed by atoms with Crippen molar-refractivity contribution < 1.29 is 4.79 Å². The predicted octanol–water partition coefficient (Wildman–Crippen LogP) is 2.25. The Morgan fingerprint density at radius 2 is 2.25 bits per heavy atom. The molecule has 0 aliphatic heterocycles. The maximum absolute atomic E-state index is 11.3. The van der Waals surface area contributed by atoms with Crippen molar-refractivity contribution in [1.29, 1.82) is 0 Å². The number of Topliss-reactive ketones (excluding diaryl/α,β-unsaturated/α-hetero) is 1. The fourth-order valence-electron chi connectivity index (χ4n) is 1.49. The average Bonchev–Trinajstić information content (AvgIpc) is 2.07. The van der Waals surface area contributed by atoms with Gasteiger partial charge in [-0.2, -0.15) is 0 Å². The summed E-state index contributed by atoms with van der Waals surface area (Å²) in [6, 6.07) is 1.74. The van der Waals surface area contributed by atoms with E-state index in [1.54, 1.807) is 12.3 Å². The van der Waals surface area contributed by atoms with E-state index >= 15 is 0 Å². The van der Waals surface area contributed by atoms with Gasteiger partial charge in [0.1, 0.15) is 5.69 Å². The number of ketones is 1. The summed E-state index contributed by atoms with van der Waals surface area (Å²) < 4.78 is 0. The Kier molecular flexibility index (Phi) is 1.85. The monoisotopic (exact) mass is 181 g/mol. The Morgan fingerprint density at radius 3 is 3.00 bits per heavy atom. The summed E-state index contributed by atoms with van der Waals surface area (Å²) in [6.07, 6.45) is 3.98. The third-order valence-electron chi connectivity index (χ3n) is 2.09. The van der Waals surface area contributed by atoms with Crippen LogP contribution in [0.2, 0.25) is 5.02 Å². The fraction of sp³-hybridized carbons (Fsp3) is 0.333. The number of hydrogen-bond acceptors (Lipinski definition) is 2. The molecule has 3 heteroatoms. The van der Waals surface area contributed by atoms with E-state index in [2.05, 4.69) is 4.98 Å². The number of halogens is 1. The summed E-state index contributed by atoms with van der Waals surface area (Å²) in [4.78, 5) is 15.3. The molecule has 0 saturated carbocycles. The molecule has 1 aliphatic carbocycles. The molecule has 0 amide bonds. The molecule has 0 unspecified atom stereocenters. The molecule has 0 aromatic carbocycles. The summed E-state index contributed by atoms with van der Waals surface area (Å²) in [5.74, 6) is 0.124. The number of aromatic nitrogens is 1. The van der Waals surface area contributed by atoms with Crippen LogP contribution in [0.1, 0.15) is 28.9 Å². The van der Waals surface area contributed by atoms with E-state index in [4.69, 9.17) is 11.6 Å². The molecule has 0 bridgehead atoms. The molecule has 0 N–H and O–H groups in total. The van der Waals surface area contributed by atoms with E-state index in [9.17, 15) is 4.79 Å². The summed E-state index contributed by atoms with van der Waals surface area (Å²) in [5, 5.41) is 0.674. The zero-order chi connectivity index (χ0) is 8.55. The third kappa shape index (κ3) is 1.12. The molecule has 62 valence electrons. The van der Waals surface area contributed by atoms with Gasteiger partial charge >= 0.3 is 0 Å². The summed E-state index contributed by atoms with van der Waals surface area (Å²) in [5.41, 5.74) is 1.50. The zero-order valence-electron chi connectivity index (χ0n) is 6.51. The first kappa shape index (κ1) is 7.74. The van der Waals surface area contributed by atoms with E-state index < -0.39 is 0 Å². The first-order valence-electron chi connectivity index (χ1n) is 3.95. The lowest BCUT2D eigenvalue weighted by molar-refractivity contribution is 0.0967. The van der Waals surface area contributed by atoms with Crippen molar-refractivity contribution >= 4 is 17.4 Å². The minimum absolute atomic E-state index is 0.124. The Balaban J connectivity index is 2.59. The van der Waals surface area contributed by atoms with Gasteiger partial charge in [0.2, 0.25) is 0 Å². The lowest BCUT2D eigenvalue weighted by atomic mass is 9.95. The zero-order valence-corrected chi connectivity index (χ0v) is 7.27. The third-order valence-corrected chi connectivity index (χ3v) is 2.45. The van der Waals surface area contributed by atoms with Gasteiger partial charge in [-0.3, -0.25) is 9.78 Å². The Labute approximate surface area is 75.6 Å². The maximum atomic E-state index is 11.3. The maximum Gasteiger partial charge on any atom is 0.181 e. The van der Waals surface area contributed by atoms with Gasteiger partial charge in [0.15, 0.2) is 5.78 Å². The molecule has 1 aromatic heterocycles. The van der Waals surface area contributed by atoms with Crippen molar-refractivity contribution in [1.82, 2.24) is 4.98 Å². The van der Waals surface area contributed by atoms with Crippen LogP contribution in [0.5, 0.6) is 0 Å². The smallest absolute Gasteiger partial charge is 0.181 e. The minimum atomic E-state index is 0.124. The highest BCUT2D eigenvalue weighted by Crippen LogP contribution is 2.25. The second-order valence-electron chi connectivity index (χ2n) is 2.90. The molecule has 0 atom stereocenters. The number of nitrogens with zero attached hydrogens (tertiary/aromatic N) is 1. The van der Waals surface area contributed by atoms with Crippen molar-refractivity contribution in [3.8, 4) is 0 Å². The summed E-state index contributed by atoms with van der Waals surface area (Å²) >= 11 is 5.92. The van der Waals surface area contributed by atoms with Gasteiger partial charge in [-0.1, -0.05) is 11.6 Å². The highest BCUT2D eigenvalue weighted by molar-refractivity contribution is 6.31. The van der Waals surface area contributed by atoms with Crippen LogP contribution in [-0.4, -0.2) is 10.8 Å². The molecule has 12 heavy (non-hydrogen) atoms. The molecule has 0 fully saturated rings. The van der Waals surface area contributed by atoms with Gasteiger partial charge in [-0.05, 0) is 18.9 Å².